The summed E-state index contributed by atoms with van der Waals surface area (Å²) in [6.45, 7) is 7.58. The molecule has 0 aliphatic heterocycles. The maximum atomic E-state index is 12.3. The van der Waals surface area contributed by atoms with Crippen LogP contribution in [0.3, 0.4) is 0 Å². The fraction of sp³-hybridized carbons (Fsp3) is 0.533. The van der Waals surface area contributed by atoms with Crippen LogP contribution in [0.25, 0.3) is 0 Å². The molecule has 0 spiro atoms. The molecule has 0 aliphatic carbocycles. The minimum absolute atomic E-state index is 0.0847. The van der Waals surface area contributed by atoms with Crippen molar-refractivity contribution in [2.75, 3.05) is 0 Å². The van der Waals surface area contributed by atoms with Crippen molar-refractivity contribution in [2.24, 2.45) is 5.92 Å². The Morgan fingerprint density at radius 2 is 1.71 bits per heavy atom. The minimum atomic E-state index is -3.83. The van der Waals surface area contributed by atoms with Gasteiger partial charge in [-0.3, -0.25) is 4.79 Å². The Morgan fingerprint density at radius 3 is 2.10 bits per heavy atom. The van der Waals surface area contributed by atoms with Crippen LogP contribution in [-0.2, 0) is 14.8 Å². The van der Waals surface area contributed by atoms with Crippen molar-refractivity contribution in [1.82, 2.24) is 4.72 Å². The molecule has 21 heavy (non-hydrogen) atoms. The van der Waals surface area contributed by atoms with Gasteiger partial charge in [-0.2, -0.15) is 4.72 Å². The van der Waals surface area contributed by atoms with Crippen LogP contribution in [0.2, 0.25) is 0 Å². The molecule has 0 bridgehead atoms. The van der Waals surface area contributed by atoms with Gasteiger partial charge in [-0.15, -0.1) is 0 Å². The van der Waals surface area contributed by atoms with Crippen LogP contribution >= 0.6 is 0 Å². The second-order valence-electron chi connectivity index (χ2n) is 5.55. The zero-order valence-corrected chi connectivity index (χ0v) is 13.6. The third-order valence-corrected chi connectivity index (χ3v) is 5.08. The molecule has 0 heterocycles. The number of rotatable bonds is 7. The van der Waals surface area contributed by atoms with E-state index < -0.39 is 22.0 Å². The van der Waals surface area contributed by atoms with Crippen molar-refractivity contribution >= 4 is 16.0 Å². The van der Waals surface area contributed by atoms with Crippen molar-refractivity contribution < 1.29 is 18.3 Å². The van der Waals surface area contributed by atoms with Crippen molar-refractivity contribution in [3.05, 3.63) is 29.8 Å². The fourth-order valence-electron chi connectivity index (χ4n) is 1.91. The highest BCUT2D eigenvalue weighted by molar-refractivity contribution is 7.89. The predicted octanol–water partition coefficient (Wildman–Crippen LogP) is 2.59. The summed E-state index contributed by atoms with van der Waals surface area (Å²) in [7, 11) is -3.83. The lowest BCUT2D eigenvalue weighted by Crippen LogP contribution is -2.44. The Balaban J connectivity index is 3.02. The van der Waals surface area contributed by atoms with E-state index in [1.54, 1.807) is 19.1 Å². The molecule has 5 nitrogen and oxygen atoms in total. The maximum Gasteiger partial charge on any atom is 0.322 e. The van der Waals surface area contributed by atoms with Gasteiger partial charge >= 0.3 is 5.97 Å². The van der Waals surface area contributed by atoms with E-state index in [0.29, 0.717) is 12.3 Å². The first-order chi connectivity index (χ1) is 9.69. The third-order valence-electron chi connectivity index (χ3n) is 3.62. The van der Waals surface area contributed by atoms with Crippen LogP contribution in [0, 0.1) is 5.92 Å². The van der Waals surface area contributed by atoms with E-state index in [0.717, 1.165) is 5.56 Å². The van der Waals surface area contributed by atoms with Crippen molar-refractivity contribution in [2.45, 2.75) is 51.0 Å². The van der Waals surface area contributed by atoms with E-state index in [1.807, 2.05) is 20.8 Å². The topological polar surface area (TPSA) is 83.5 Å². The molecule has 1 aromatic carbocycles. The minimum Gasteiger partial charge on any atom is -0.480 e. The van der Waals surface area contributed by atoms with Gasteiger partial charge in [0, 0.05) is 0 Å². The number of hydrogen-bond acceptors (Lipinski definition) is 3. The number of carboxylic acids is 1. The number of carbonyl (C=O) groups is 1. The zero-order valence-electron chi connectivity index (χ0n) is 12.8. The molecule has 1 rings (SSSR count). The highest BCUT2D eigenvalue weighted by Crippen LogP contribution is 2.18. The van der Waals surface area contributed by atoms with Gasteiger partial charge in [0.2, 0.25) is 10.0 Å². The molecule has 2 unspecified atom stereocenters. The predicted molar refractivity (Wildman–Crippen MR) is 81.7 cm³/mol. The third kappa shape index (κ3) is 4.54. The van der Waals surface area contributed by atoms with Gasteiger partial charge < -0.3 is 5.11 Å². The second-order valence-corrected chi connectivity index (χ2v) is 7.26. The number of nitrogens with one attached hydrogen (secondary N) is 1. The van der Waals surface area contributed by atoms with Gasteiger partial charge in [-0.1, -0.05) is 46.2 Å². The van der Waals surface area contributed by atoms with Gasteiger partial charge in [0.1, 0.15) is 6.04 Å². The van der Waals surface area contributed by atoms with Crippen LogP contribution in [0.4, 0.5) is 0 Å². The summed E-state index contributed by atoms with van der Waals surface area (Å²) in [4.78, 5) is 11.3. The monoisotopic (exact) mass is 313 g/mol. The van der Waals surface area contributed by atoms with E-state index in [1.165, 1.54) is 12.1 Å². The van der Waals surface area contributed by atoms with E-state index in [9.17, 15) is 18.3 Å². The molecule has 1 aromatic rings. The SMILES string of the molecule is CCC(C)C(NS(=O)(=O)c1ccc(C(C)C)cc1)C(=O)O. The molecule has 118 valence electrons. The highest BCUT2D eigenvalue weighted by atomic mass is 32.2. The van der Waals surface area contributed by atoms with E-state index in [-0.39, 0.29) is 10.8 Å². The second kappa shape index (κ2) is 7.04. The average molecular weight is 313 g/mol. The zero-order chi connectivity index (χ0) is 16.2. The van der Waals surface area contributed by atoms with Crippen LogP contribution in [0.15, 0.2) is 29.2 Å². The number of sulfonamides is 1. The molecule has 0 aliphatic rings. The first-order valence-corrected chi connectivity index (χ1v) is 8.52. The smallest absolute Gasteiger partial charge is 0.322 e. The lowest BCUT2D eigenvalue weighted by molar-refractivity contribution is -0.140. The summed E-state index contributed by atoms with van der Waals surface area (Å²) in [5.41, 5.74) is 1.03. The Labute approximate surface area is 126 Å². The van der Waals surface area contributed by atoms with Crippen LogP contribution < -0.4 is 4.72 Å². The molecular formula is C15H23NO4S. The lowest BCUT2D eigenvalue weighted by Gasteiger charge is -2.20. The molecule has 2 atom stereocenters. The quantitative estimate of drug-likeness (QED) is 0.810. The Bertz CT molecular complexity index is 578. The van der Waals surface area contributed by atoms with E-state index in [4.69, 9.17) is 0 Å². The summed E-state index contributed by atoms with van der Waals surface area (Å²) in [6.07, 6.45) is 0.575. The molecular weight excluding hydrogens is 290 g/mol. The Morgan fingerprint density at radius 1 is 1.19 bits per heavy atom. The molecule has 0 saturated carbocycles. The molecule has 2 N–H and O–H groups in total. The van der Waals surface area contributed by atoms with E-state index >= 15 is 0 Å². The average Bonchev–Trinajstić information content (AvgIpc) is 2.43. The maximum absolute atomic E-state index is 12.3. The van der Waals surface area contributed by atoms with Crippen molar-refractivity contribution in [1.29, 1.82) is 0 Å². The summed E-state index contributed by atoms with van der Waals surface area (Å²) < 4.78 is 26.8. The molecule has 0 fully saturated rings. The van der Waals surface area contributed by atoms with Gasteiger partial charge in [0.15, 0.2) is 0 Å². The summed E-state index contributed by atoms with van der Waals surface area (Å²) >= 11 is 0. The normalized spacial score (nSPS) is 14.9. The molecule has 0 amide bonds. The van der Waals surface area contributed by atoms with E-state index in [2.05, 4.69) is 4.72 Å². The van der Waals surface area contributed by atoms with Crippen LogP contribution in [0.1, 0.15) is 45.6 Å². The van der Waals surface area contributed by atoms with Gasteiger partial charge in [0.05, 0.1) is 4.90 Å². The highest BCUT2D eigenvalue weighted by Gasteiger charge is 2.29. The first-order valence-electron chi connectivity index (χ1n) is 7.04. The van der Waals surface area contributed by atoms with Gasteiger partial charge in [-0.25, -0.2) is 8.42 Å². The number of benzene rings is 1. The Kier molecular flexibility index (Phi) is 5.92. The summed E-state index contributed by atoms with van der Waals surface area (Å²) in [5.74, 6) is -1.14. The van der Waals surface area contributed by atoms with Crippen LogP contribution in [0.5, 0.6) is 0 Å². The standard InChI is InChI=1S/C15H23NO4S/c1-5-11(4)14(15(17)18)16-21(19,20)13-8-6-12(7-9-13)10(2)3/h6-11,14,16H,5H2,1-4H3,(H,17,18). The number of hydrogen-bond donors (Lipinski definition) is 2. The molecule has 0 radical (unpaired) electrons. The van der Waals surface area contributed by atoms with Crippen molar-refractivity contribution in [3.63, 3.8) is 0 Å². The van der Waals surface area contributed by atoms with Gasteiger partial charge in [0.25, 0.3) is 0 Å². The fourth-order valence-corrected chi connectivity index (χ4v) is 3.21. The Hall–Kier alpha value is -1.40. The number of carboxylic acid groups (broad SMARTS) is 1. The molecule has 0 aromatic heterocycles. The molecule has 0 saturated heterocycles. The largest absolute Gasteiger partial charge is 0.480 e. The van der Waals surface area contributed by atoms with Gasteiger partial charge in [-0.05, 0) is 29.5 Å². The summed E-state index contributed by atoms with van der Waals surface area (Å²) in [6, 6.07) is 5.39. The first kappa shape index (κ1) is 17.7. The summed E-state index contributed by atoms with van der Waals surface area (Å²) in [5, 5.41) is 9.17. The molecule has 6 heteroatoms. The number of aliphatic carboxylic acids is 1. The lowest BCUT2D eigenvalue weighted by atomic mass is 10.0. The van der Waals surface area contributed by atoms with Crippen LogP contribution in [-0.4, -0.2) is 25.5 Å². The van der Waals surface area contributed by atoms with Crippen molar-refractivity contribution in [3.8, 4) is 0 Å².